The second kappa shape index (κ2) is 8.49. The van der Waals surface area contributed by atoms with Gasteiger partial charge in [0.15, 0.2) is 6.10 Å². The van der Waals surface area contributed by atoms with Crippen molar-refractivity contribution in [2.45, 2.75) is 13.0 Å². The zero-order chi connectivity index (χ0) is 20.2. The van der Waals surface area contributed by atoms with Crippen molar-refractivity contribution >= 4 is 39.1 Å². The van der Waals surface area contributed by atoms with Gasteiger partial charge < -0.3 is 4.74 Å². The zero-order valence-corrected chi connectivity index (χ0v) is 16.1. The topological polar surface area (TPSA) is 80.8 Å². The van der Waals surface area contributed by atoms with E-state index in [0.29, 0.717) is 5.02 Å². The van der Waals surface area contributed by atoms with Crippen LogP contribution in [0.15, 0.2) is 48.5 Å². The normalized spacial score (nSPS) is 12.3. The SMILES string of the molecule is C[C@H](OC(=O)CN(c1cccc(Cl)c1)S(C)(=O)=O)C(=O)c1ccc(F)cc1. The molecule has 0 aromatic heterocycles. The summed E-state index contributed by atoms with van der Waals surface area (Å²) in [7, 11) is -3.80. The first-order chi connectivity index (χ1) is 12.6. The lowest BCUT2D eigenvalue weighted by molar-refractivity contribution is -0.144. The van der Waals surface area contributed by atoms with Gasteiger partial charge in [0.2, 0.25) is 15.8 Å². The van der Waals surface area contributed by atoms with Crippen molar-refractivity contribution in [3.63, 3.8) is 0 Å². The van der Waals surface area contributed by atoms with Gasteiger partial charge in [-0.3, -0.25) is 13.9 Å². The third kappa shape index (κ3) is 5.77. The number of esters is 1. The smallest absolute Gasteiger partial charge is 0.327 e. The minimum atomic E-state index is -3.80. The number of carbonyl (C=O) groups is 2. The molecule has 0 amide bonds. The molecule has 9 heteroatoms. The first-order valence-electron chi connectivity index (χ1n) is 7.80. The summed E-state index contributed by atoms with van der Waals surface area (Å²) in [4.78, 5) is 24.4. The summed E-state index contributed by atoms with van der Waals surface area (Å²) in [6.07, 6.45) is -0.224. The van der Waals surface area contributed by atoms with Crippen molar-refractivity contribution < 1.29 is 27.1 Å². The third-order valence-electron chi connectivity index (χ3n) is 3.58. The van der Waals surface area contributed by atoms with E-state index in [1.54, 1.807) is 12.1 Å². The standard InChI is InChI=1S/C18H17ClFNO5S/c1-12(18(23)13-6-8-15(20)9-7-13)26-17(22)11-21(27(2,24)25)16-5-3-4-14(19)10-16/h3-10,12H,11H2,1-2H3/t12-/m0/s1. The van der Waals surface area contributed by atoms with Gasteiger partial charge in [-0.2, -0.15) is 0 Å². The first-order valence-corrected chi connectivity index (χ1v) is 10.0. The summed E-state index contributed by atoms with van der Waals surface area (Å²) in [5, 5.41) is 0.300. The van der Waals surface area contributed by atoms with Crippen LogP contribution in [0.3, 0.4) is 0 Å². The molecule has 1 atom stereocenters. The van der Waals surface area contributed by atoms with Crippen molar-refractivity contribution in [2.75, 3.05) is 17.1 Å². The van der Waals surface area contributed by atoms with Crippen LogP contribution in [0, 0.1) is 5.82 Å². The Kier molecular flexibility index (Phi) is 6.56. The second-order valence-electron chi connectivity index (χ2n) is 5.75. The van der Waals surface area contributed by atoms with E-state index in [2.05, 4.69) is 0 Å². The van der Waals surface area contributed by atoms with E-state index >= 15 is 0 Å². The molecule has 0 N–H and O–H groups in total. The van der Waals surface area contributed by atoms with Crippen LogP contribution in [0.25, 0.3) is 0 Å². The lowest BCUT2D eigenvalue weighted by Gasteiger charge is -2.22. The summed E-state index contributed by atoms with van der Waals surface area (Å²) in [5.41, 5.74) is 0.367. The van der Waals surface area contributed by atoms with Crippen LogP contribution >= 0.6 is 11.6 Å². The van der Waals surface area contributed by atoms with E-state index in [9.17, 15) is 22.4 Å². The Morgan fingerprint density at radius 3 is 2.37 bits per heavy atom. The van der Waals surface area contributed by atoms with E-state index in [1.165, 1.54) is 31.2 Å². The molecule has 0 saturated heterocycles. The molecule has 0 aliphatic carbocycles. The van der Waals surface area contributed by atoms with Gasteiger partial charge in [-0.25, -0.2) is 12.8 Å². The van der Waals surface area contributed by atoms with E-state index < -0.39 is 40.2 Å². The minimum Gasteiger partial charge on any atom is -0.453 e. The second-order valence-corrected chi connectivity index (χ2v) is 8.10. The zero-order valence-electron chi connectivity index (χ0n) is 14.6. The molecule has 0 bridgehead atoms. The number of carbonyl (C=O) groups excluding carboxylic acids is 2. The van der Waals surface area contributed by atoms with Crippen LogP contribution in [0.2, 0.25) is 5.02 Å². The molecule has 6 nitrogen and oxygen atoms in total. The Morgan fingerprint density at radius 1 is 1.19 bits per heavy atom. The molecule has 0 fully saturated rings. The monoisotopic (exact) mass is 413 g/mol. The molecule has 0 heterocycles. The van der Waals surface area contributed by atoms with Crippen LogP contribution in [0.1, 0.15) is 17.3 Å². The summed E-state index contributed by atoms with van der Waals surface area (Å²) in [5.74, 6) is -1.94. The lowest BCUT2D eigenvalue weighted by Crippen LogP contribution is -2.37. The molecule has 27 heavy (non-hydrogen) atoms. The van der Waals surface area contributed by atoms with Gasteiger partial charge in [0, 0.05) is 10.6 Å². The fourth-order valence-corrected chi connectivity index (χ4v) is 3.31. The Labute approximate surface area is 161 Å². The van der Waals surface area contributed by atoms with Gasteiger partial charge in [-0.15, -0.1) is 0 Å². The number of nitrogens with zero attached hydrogens (tertiary/aromatic N) is 1. The number of sulfonamides is 1. The minimum absolute atomic E-state index is 0.173. The van der Waals surface area contributed by atoms with E-state index in [4.69, 9.17) is 16.3 Å². The number of ketones is 1. The average molecular weight is 414 g/mol. The van der Waals surface area contributed by atoms with Crippen molar-refractivity contribution in [3.8, 4) is 0 Å². The molecular formula is C18H17ClFNO5S. The van der Waals surface area contributed by atoms with Crippen molar-refractivity contribution in [1.29, 1.82) is 0 Å². The quantitative estimate of drug-likeness (QED) is 0.514. The predicted molar refractivity (Wildman–Crippen MR) is 99.9 cm³/mol. The molecule has 0 aliphatic rings. The van der Waals surface area contributed by atoms with Gasteiger partial charge in [0.25, 0.3) is 0 Å². The largest absolute Gasteiger partial charge is 0.453 e. The number of halogens is 2. The van der Waals surface area contributed by atoms with E-state index in [1.807, 2.05) is 0 Å². The van der Waals surface area contributed by atoms with Gasteiger partial charge in [0.1, 0.15) is 12.4 Å². The summed E-state index contributed by atoms with van der Waals surface area (Å²) in [6, 6.07) is 10.8. The van der Waals surface area contributed by atoms with Crippen LogP contribution in [0.4, 0.5) is 10.1 Å². The molecule has 0 aliphatic heterocycles. The maximum atomic E-state index is 12.9. The lowest BCUT2D eigenvalue weighted by atomic mass is 10.1. The summed E-state index contributed by atoms with van der Waals surface area (Å²) in [6.45, 7) is 0.730. The molecule has 0 radical (unpaired) electrons. The fraction of sp³-hybridized carbons (Fsp3) is 0.222. The number of ether oxygens (including phenoxy) is 1. The Bertz CT molecular complexity index is 946. The fourth-order valence-electron chi connectivity index (χ4n) is 2.29. The highest BCUT2D eigenvalue weighted by molar-refractivity contribution is 7.92. The number of benzene rings is 2. The number of rotatable bonds is 7. The number of anilines is 1. The highest BCUT2D eigenvalue weighted by Crippen LogP contribution is 2.22. The molecule has 2 aromatic rings. The average Bonchev–Trinajstić information content (AvgIpc) is 2.58. The maximum absolute atomic E-state index is 12.9. The molecule has 2 aromatic carbocycles. The van der Waals surface area contributed by atoms with E-state index in [-0.39, 0.29) is 11.3 Å². The Hall–Kier alpha value is -2.45. The molecule has 144 valence electrons. The van der Waals surface area contributed by atoms with Gasteiger partial charge in [-0.1, -0.05) is 17.7 Å². The highest BCUT2D eigenvalue weighted by atomic mass is 35.5. The summed E-state index contributed by atoms with van der Waals surface area (Å²) >= 11 is 5.87. The molecule has 0 spiro atoms. The van der Waals surface area contributed by atoms with Crippen LogP contribution in [-0.4, -0.2) is 39.1 Å². The van der Waals surface area contributed by atoms with E-state index in [0.717, 1.165) is 22.7 Å². The Morgan fingerprint density at radius 2 is 1.81 bits per heavy atom. The van der Waals surface area contributed by atoms with Crippen LogP contribution in [0.5, 0.6) is 0 Å². The molecular weight excluding hydrogens is 397 g/mol. The van der Waals surface area contributed by atoms with Crippen LogP contribution < -0.4 is 4.31 Å². The first kappa shape index (κ1) is 20.9. The van der Waals surface area contributed by atoms with Crippen LogP contribution in [-0.2, 0) is 19.6 Å². The summed E-state index contributed by atoms with van der Waals surface area (Å²) < 4.78 is 42.9. The van der Waals surface area contributed by atoms with Crippen molar-refractivity contribution in [3.05, 3.63) is 64.9 Å². The molecule has 0 saturated carbocycles. The molecule has 2 rings (SSSR count). The highest BCUT2D eigenvalue weighted by Gasteiger charge is 2.25. The van der Waals surface area contributed by atoms with Crippen molar-refractivity contribution in [2.24, 2.45) is 0 Å². The van der Waals surface area contributed by atoms with Gasteiger partial charge in [-0.05, 0) is 49.4 Å². The number of Topliss-reactive ketones (excluding diaryl/α,β-unsaturated/α-hetero) is 1. The third-order valence-corrected chi connectivity index (χ3v) is 4.95. The van der Waals surface area contributed by atoms with Crippen molar-refractivity contribution in [1.82, 2.24) is 0 Å². The Balaban J connectivity index is 2.11. The van der Waals surface area contributed by atoms with Gasteiger partial charge in [0.05, 0.1) is 11.9 Å². The number of hydrogen-bond acceptors (Lipinski definition) is 5. The van der Waals surface area contributed by atoms with Gasteiger partial charge >= 0.3 is 5.97 Å². The maximum Gasteiger partial charge on any atom is 0.327 e. The number of hydrogen-bond donors (Lipinski definition) is 0. The molecule has 0 unspecified atom stereocenters. The predicted octanol–water partition coefficient (Wildman–Crippen LogP) is 3.06.